The van der Waals surface area contributed by atoms with Gasteiger partial charge in [-0.25, -0.2) is 4.98 Å². The van der Waals surface area contributed by atoms with Gasteiger partial charge in [0.25, 0.3) is 5.91 Å². The summed E-state index contributed by atoms with van der Waals surface area (Å²) in [7, 11) is 0. The summed E-state index contributed by atoms with van der Waals surface area (Å²) in [6.45, 7) is 6.94. The standard InChI is InChI=1S/C28H32N4O2/c1-3-24(22-11-5-4-6-12-22)27(33)30-23-14-15-26(29-20-23)31-16-9-17-32(19-18-31)28(34)25-13-8-7-10-21(25)2/h4-8,10-15,20,24H,3,9,16-19H2,1-2H3,(H,30,33)/t24-/m0/s1. The predicted octanol–water partition coefficient (Wildman–Crippen LogP) is 4.87. The lowest BCUT2D eigenvalue weighted by atomic mass is 9.95. The number of rotatable bonds is 6. The van der Waals surface area contributed by atoms with Gasteiger partial charge in [0.1, 0.15) is 5.82 Å². The molecule has 0 aliphatic carbocycles. The Morgan fingerprint density at radius 2 is 1.71 bits per heavy atom. The molecule has 2 amide bonds. The summed E-state index contributed by atoms with van der Waals surface area (Å²) in [5, 5.41) is 3.01. The molecule has 34 heavy (non-hydrogen) atoms. The van der Waals surface area contributed by atoms with Crippen molar-refractivity contribution in [2.75, 3.05) is 36.4 Å². The van der Waals surface area contributed by atoms with Crippen LogP contribution in [0.5, 0.6) is 0 Å². The second kappa shape index (κ2) is 11.0. The topological polar surface area (TPSA) is 65.5 Å². The predicted molar refractivity (Wildman–Crippen MR) is 136 cm³/mol. The van der Waals surface area contributed by atoms with E-state index in [2.05, 4.69) is 15.2 Å². The van der Waals surface area contributed by atoms with Crippen molar-refractivity contribution in [3.63, 3.8) is 0 Å². The number of hydrogen-bond acceptors (Lipinski definition) is 4. The number of pyridine rings is 1. The SMILES string of the molecule is CC[C@H](C(=O)Nc1ccc(N2CCCN(C(=O)c3ccccc3C)CC2)nc1)c1ccccc1. The number of anilines is 2. The second-order valence-electron chi connectivity index (χ2n) is 8.71. The van der Waals surface area contributed by atoms with E-state index in [9.17, 15) is 9.59 Å². The first-order chi connectivity index (χ1) is 16.6. The highest BCUT2D eigenvalue weighted by Gasteiger charge is 2.22. The average Bonchev–Trinajstić information content (AvgIpc) is 3.12. The van der Waals surface area contributed by atoms with Gasteiger partial charge in [-0.3, -0.25) is 9.59 Å². The van der Waals surface area contributed by atoms with Gasteiger partial charge in [0, 0.05) is 31.7 Å². The summed E-state index contributed by atoms with van der Waals surface area (Å²) in [6.07, 6.45) is 3.33. The highest BCUT2D eigenvalue weighted by Crippen LogP contribution is 2.23. The van der Waals surface area contributed by atoms with Crippen molar-refractivity contribution in [3.8, 4) is 0 Å². The first kappa shape index (κ1) is 23.5. The molecule has 2 heterocycles. The van der Waals surface area contributed by atoms with Crippen LogP contribution in [0.4, 0.5) is 11.5 Å². The highest BCUT2D eigenvalue weighted by molar-refractivity contribution is 5.96. The van der Waals surface area contributed by atoms with Gasteiger partial charge in [0.05, 0.1) is 17.8 Å². The molecule has 1 atom stereocenters. The van der Waals surface area contributed by atoms with Crippen LogP contribution in [0, 0.1) is 6.92 Å². The first-order valence-electron chi connectivity index (χ1n) is 12.0. The number of carbonyl (C=O) groups excluding carboxylic acids is 2. The fourth-order valence-electron chi connectivity index (χ4n) is 4.47. The van der Waals surface area contributed by atoms with Gasteiger partial charge in [0.15, 0.2) is 0 Å². The van der Waals surface area contributed by atoms with Gasteiger partial charge >= 0.3 is 0 Å². The summed E-state index contributed by atoms with van der Waals surface area (Å²) in [5.41, 5.74) is 3.48. The van der Waals surface area contributed by atoms with E-state index < -0.39 is 0 Å². The Kier molecular flexibility index (Phi) is 7.58. The smallest absolute Gasteiger partial charge is 0.254 e. The van der Waals surface area contributed by atoms with Crippen LogP contribution in [0.1, 0.15) is 47.2 Å². The van der Waals surface area contributed by atoms with Crippen LogP contribution in [0.3, 0.4) is 0 Å². The summed E-state index contributed by atoms with van der Waals surface area (Å²) < 4.78 is 0. The van der Waals surface area contributed by atoms with Crippen LogP contribution in [0.2, 0.25) is 0 Å². The minimum atomic E-state index is -0.191. The van der Waals surface area contributed by atoms with Crippen molar-refractivity contribution in [1.29, 1.82) is 0 Å². The molecular formula is C28H32N4O2. The molecule has 0 radical (unpaired) electrons. The van der Waals surface area contributed by atoms with Crippen molar-refractivity contribution >= 4 is 23.3 Å². The van der Waals surface area contributed by atoms with Crippen LogP contribution in [-0.4, -0.2) is 47.9 Å². The average molecular weight is 457 g/mol. The third kappa shape index (κ3) is 5.45. The maximum absolute atomic E-state index is 13.0. The summed E-state index contributed by atoms with van der Waals surface area (Å²) >= 11 is 0. The molecule has 6 heteroatoms. The molecule has 0 spiro atoms. The molecule has 1 aromatic heterocycles. The lowest BCUT2D eigenvalue weighted by Gasteiger charge is -2.23. The number of benzene rings is 2. The molecule has 1 aliphatic heterocycles. The van der Waals surface area contributed by atoms with Gasteiger partial charge in [-0.05, 0) is 49.1 Å². The Hall–Kier alpha value is -3.67. The second-order valence-corrected chi connectivity index (χ2v) is 8.71. The van der Waals surface area contributed by atoms with Gasteiger partial charge < -0.3 is 15.1 Å². The fourth-order valence-corrected chi connectivity index (χ4v) is 4.47. The number of nitrogens with one attached hydrogen (secondary N) is 1. The Bertz CT molecular complexity index is 1110. The molecule has 1 N–H and O–H groups in total. The third-order valence-corrected chi connectivity index (χ3v) is 6.42. The zero-order valence-corrected chi connectivity index (χ0v) is 19.9. The number of amides is 2. The van der Waals surface area contributed by atoms with Gasteiger partial charge in [-0.2, -0.15) is 0 Å². The molecule has 4 rings (SSSR count). The van der Waals surface area contributed by atoms with Crippen molar-refractivity contribution in [1.82, 2.24) is 9.88 Å². The molecule has 0 saturated carbocycles. The number of nitrogens with zero attached hydrogens (tertiary/aromatic N) is 3. The summed E-state index contributed by atoms with van der Waals surface area (Å²) in [5.74, 6) is 0.736. The van der Waals surface area contributed by atoms with Crippen LogP contribution in [-0.2, 0) is 4.79 Å². The Balaban J connectivity index is 1.37. The highest BCUT2D eigenvalue weighted by atomic mass is 16.2. The molecule has 1 fully saturated rings. The van der Waals surface area contributed by atoms with E-state index >= 15 is 0 Å². The summed E-state index contributed by atoms with van der Waals surface area (Å²) in [6, 6.07) is 21.4. The van der Waals surface area contributed by atoms with E-state index in [1.54, 1.807) is 6.20 Å². The maximum Gasteiger partial charge on any atom is 0.254 e. The lowest BCUT2D eigenvalue weighted by Crippen LogP contribution is -2.35. The van der Waals surface area contributed by atoms with Crippen molar-refractivity contribution in [3.05, 3.63) is 89.6 Å². The largest absolute Gasteiger partial charge is 0.355 e. The molecular weight excluding hydrogens is 424 g/mol. The lowest BCUT2D eigenvalue weighted by molar-refractivity contribution is -0.117. The first-order valence-corrected chi connectivity index (χ1v) is 12.0. The molecule has 2 aromatic carbocycles. The molecule has 6 nitrogen and oxygen atoms in total. The van der Waals surface area contributed by atoms with E-state index in [1.807, 2.05) is 85.5 Å². The minimum absolute atomic E-state index is 0.0246. The molecule has 1 aliphatic rings. The Morgan fingerprint density at radius 3 is 2.41 bits per heavy atom. The molecule has 0 unspecified atom stereocenters. The van der Waals surface area contributed by atoms with Crippen LogP contribution in [0.15, 0.2) is 72.9 Å². The van der Waals surface area contributed by atoms with Crippen molar-refractivity contribution in [2.45, 2.75) is 32.6 Å². The van der Waals surface area contributed by atoms with Gasteiger partial charge in [0.2, 0.25) is 5.91 Å². The number of aryl methyl sites for hydroxylation is 1. The third-order valence-electron chi connectivity index (χ3n) is 6.42. The van der Waals surface area contributed by atoms with E-state index in [1.165, 1.54) is 0 Å². The molecule has 176 valence electrons. The van der Waals surface area contributed by atoms with E-state index in [-0.39, 0.29) is 17.7 Å². The van der Waals surface area contributed by atoms with Crippen LogP contribution < -0.4 is 10.2 Å². The summed E-state index contributed by atoms with van der Waals surface area (Å²) in [4.78, 5) is 34.6. The van der Waals surface area contributed by atoms with E-state index in [0.29, 0.717) is 12.2 Å². The van der Waals surface area contributed by atoms with Gasteiger partial charge in [-0.15, -0.1) is 0 Å². The van der Waals surface area contributed by atoms with E-state index in [0.717, 1.165) is 55.0 Å². The Morgan fingerprint density at radius 1 is 0.941 bits per heavy atom. The number of hydrogen-bond donors (Lipinski definition) is 1. The molecule has 3 aromatic rings. The van der Waals surface area contributed by atoms with Crippen LogP contribution >= 0.6 is 0 Å². The number of aromatic nitrogens is 1. The Labute approximate surface area is 201 Å². The molecule has 1 saturated heterocycles. The van der Waals surface area contributed by atoms with Crippen molar-refractivity contribution < 1.29 is 9.59 Å². The normalized spacial score (nSPS) is 14.9. The quantitative estimate of drug-likeness (QED) is 0.574. The van der Waals surface area contributed by atoms with Crippen LogP contribution in [0.25, 0.3) is 0 Å². The van der Waals surface area contributed by atoms with E-state index in [4.69, 9.17) is 0 Å². The monoisotopic (exact) mass is 456 g/mol. The van der Waals surface area contributed by atoms with Gasteiger partial charge in [-0.1, -0.05) is 55.5 Å². The van der Waals surface area contributed by atoms with Crippen molar-refractivity contribution in [2.24, 2.45) is 0 Å². The number of carbonyl (C=O) groups is 2. The minimum Gasteiger partial charge on any atom is -0.355 e. The fraction of sp³-hybridized carbons (Fsp3) is 0.321. The zero-order valence-electron chi connectivity index (χ0n) is 19.9. The maximum atomic E-state index is 13.0. The molecule has 0 bridgehead atoms. The zero-order chi connectivity index (χ0) is 23.9.